The minimum Gasteiger partial charge on any atom is -0.221 e. The molecule has 0 saturated heterocycles. The molecule has 0 amide bonds. The Morgan fingerprint density at radius 3 is 1.22 bits per heavy atom. The van der Waals surface area contributed by atoms with E-state index in [-0.39, 0.29) is 0 Å². The van der Waals surface area contributed by atoms with Crippen LogP contribution in [0.3, 0.4) is 0 Å². The predicted octanol–water partition coefficient (Wildman–Crippen LogP) is 3.00. The molecule has 0 bridgehead atoms. The van der Waals surface area contributed by atoms with E-state index in [1.54, 1.807) is 52.0 Å². The summed E-state index contributed by atoms with van der Waals surface area (Å²) in [5, 5.41) is 24.1. The molecule has 0 saturated carbocycles. The van der Waals surface area contributed by atoms with Crippen molar-refractivity contribution in [3.8, 4) is 0 Å². The van der Waals surface area contributed by atoms with E-state index >= 15 is 0 Å². The van der Waals surface area contributed by atoms with Crippen LogP contribution in [0.5, 0.6) is 0 Å². The summed E-state index contributed by atoms with van der Waals surface area (Å²) >= 11 is 0. The van der Waals surface area contributed by atoms with Gasteiger partial charge in [0.05, 0.1) is 0 Å². The van der Waals surface area contributed by atoms with Gasteiger partial charge in [0, 0.05) is 0 Å². The topological polar surface area (TPSA) is 77.4 Å². The van der Waals surface area contributed by atoms with E-state index in [2.05, 4.69) is 10.1 Å². The first-order chi connectivity index (χ1) is 8.33. The number of hydrogen-bond donors (Lipinski definition) is 2. The Kier molecular flexibility index (Phi) is 4.80. The van der Waals surface area contributed by atoms with Crippen molar-refractivity contribution in [2.45, 2.75) is 38.9 Å². The fourth-order valence-corrected chi connectivity index (χ4v) is 1.56. The maximum atomic E-state index is 8.33. The Hall–Kier alpha value is -1.02. The SMILES string of the molecule is CC(C)(OOO)c1ccc(C(C)(C)OOO)cc1. The number of rotatable bonds is 6. The molecule has 0 aliphatic carbocycles. The average molecular weight is 258 g/mol. The Morgan fingerprint density at radius 2 is 1.00 bits per heavy atom. The van der Waals surface area contributed by atoms with Gasteiger partial charge in [0.15, 0.2) is 0 Å². The third-order valence-corrected chi connectivity index (χ3v) is 2.77. The van der Waals surface area contributed by atoms with Crippen LogP contribution in [0, 0.1) is 0 Å². The molecule has 0 heterocycles. The van der Waals surface area contributed by atoms with Crippen LogP contribution < -0.4 is 0 Å². The van der Waals surface area contributed by atoms with Gasteiger partial charge in [0.25, 0.3) is 0 Å². The minimum absolute atomic E-state index is 0.786. The zero-order valence-corrected chi connectivity index (χ0v) is 10.8. The zero-order chi connectivity index (χ0) is 13.8. The van der Waals surface area contributed by atoms with Gasteiger partial charge in [0.1, 0.15) is 11.2 Å². The van der Waals surface area contributed by atoms with Gasteiger partial charge in [0.2, 0.25) is 0 Å². The van der Waals surface area contributed by atoms with Crippen molar-refractivity contribution in [2.24, 2.45) is 0 Å². The summed E-state index contributed by atoms with van der Waals surface area (Å²) < 4.78 is 0. The summed E-state index contributed by atoms with van der Waals surface area (Å²) in [5.41, 5.74) is 0.0411. The van der Waals surface area contributed by atoms with Gasteiger partial charge in [-0.05, 0) is 38.8 Å². The Morgan fingerprint density at radius 1 is 0.722 bits per heavy atom. The van der Waals surface area contributed by atoms with Crippen molar-refractivity contribution in [1.82, 2.24) is 0 Å². The van der Waals surface area contributed by atoms with Gasteiger partial charge in [-0.3, -0.25) is 0 Å². The Labute approximate surface area is 105 Å². The highest BCUT2D eigenvalue weighted by Crippen LogP contribution is 2.29. The molecule has 1 rings (SSSR count). The average Bonchev–Trinajstić information content (AvgIpc) is 2.29. The van der Waals surface area contributed by atoms with Crippen LogP contribution in [0.15, 0.2) is 24.3 Å². The van der Waals surface area contributed by atoms with E-state index in [1.165, 1.54) is 0 Å². The van der Waals surface area contributed by atoms with Gasteiger partial charge in [-0.25, -0.2) is 10.5 Å². The number of hydrogen-bond acceptors (Lipinski definition) is 6. The second-order valence-corrected chi connectivity index (χ2v) is 4.91. The van der Waals surface area contributed by atoms with Gasteiger partial charge in [-0.1, -0.05) is 34.3 Å². The van der Waals surface area contributed by atoms with Crippen molar-refractivity contribution >= 4 is 0 Å². The van der Waals surface area contributed by atoms with Crippen LogP contribution in [-0.4, -0.2) is 10.5 Å². The molecule has 2 N–H and O–H groups in total. The van der Waals surface area contributed by atoms with Crippen LogP contribution in [0.25, 0.3) is 0 Å². The highest BCUT2D eigenvalue weighted by molar-refractivity contribution is 5.29. The largest absolute Gasteiger partial charge is 0.221 e. The first-order valence-electron chi connectivity index (χ1n) is 5.43. The van der Waals surface area contributed by atoms with E-state index in [1.807, 2.05) is 0 Å². The zero-order valence-electron chi connectivity index (χ0n) is 10.8. The minimum atomic E-state index is -0.786. The van der Waals surface area contributed by atoms with Crippen LogP contribution in [-0.2, 0) is 31.1 Å². The van der Waals surface area contributed by atoms with Gasteiger partial charge < -0.3 is 0 Å². The molecule has 0 aliphatic heterocycles. The van der Waals surface area contributed by atoms with Crippen LogP contribution in [0.4, 0.5) is 0 Å². The highest BCUT2D eigenvalue weighted by atomic mass is 17.5. The van der Waals surface area contributed by atoms with E-state index in [0.717, 1.165) is 11.1 Å². The predicted molar refractivity (Wildman–Crippen MR) is 62.1 cm³/mol. The number of benzene rings is 1. The van der Waals surface area contributed by atoms with Crippen molar-refractivity contribution in [3.63, 3.8) is 0 Å². The summed E-state index contributed by atoms with van der Waals surface area (Å²) in [7, 11) is 0. The molecule has 0 atom stereocenters. The summed E-state index contributed by atoms with van der Waals surface area (Å²) in [6, 6.07) is 7.21. The van der Waals surface area contributed by atoms with E-state index < -0.39 is 11.2 Å². The normalized spacial score (nSPS) is 12.8. The summed E-state index contributed by atoms with van der Waals surface area (Å²) in [6.07, 6.45) is 0. The molecule has 0 fully saturated rings. The standard InChI is InChI=1S/C12H18O6/c1-11(2,15-17-13)9-5-7-10(8-6-9)12(3,4)16-18-14/h5-8,13-14H,1-4H3. The fourth-order valence-electron chi connectivity index (χ4n) is 1.56. The maximum absolute atomic E-state index is 8.33. The summed E-state index contributed by atoms with van der Waals surface area (Å²) in [4.78, 5) is 9.50. The van der Waals surface area contributed by atoms with Crippen LogP contribution in [0.2, 0.25) is 0 Å². The molecule has 0 spiro atoms. The molecular formula is C12H18O6. The van der Waals surface area contributed by atoms with E-state index in [0.29, 0.717) is 0 Å². The third-order valence-electron chi connectivity index (χ3n) is 2.77. The first kappa shape index (κ1) is 15.0. The molecule has 0 unspecified atom stereocenters. The lowest BCUT2D eigenvalue weighted by atomic mass is 9.92. The van der Waals surface area contributed by atoms with Crippen LogP contribution in [0.1, 0.15) is 38.8 Å². The lowest BCUT2D eigenvalue weighted by Crippen LogP contribution is -2.23. The molecule has 1 aromatic carbocycles. The quantitative estimate of drug-likeness (QED) is 0.603. The van der Waals surface area contributed by atoms with E-state index in [9.17, 15) is 0 Å². The fraction of sp³-hybridized carbons (Fsp3) is 0.500. The van der Waals surface area contributed by atoms with Gasteiger partial charge in [-0.2, -0.15) is 9.78 Å². The molecule has 6 nitrogen and oxygen atoms in total. The highest BCUT2D eigenvalue weighted by Gasteiger charge is 2.26. The molecule has 0 radical (unpaired) electrons. The van der Waals surface area contributed by atoms with Crippen molar-refractivity contribution in [2.75, 3.05) is 0 Å². The molecule has 0 aromatic heterocycles. The second kappa shape index (κ2) is 5.75. The lowest BCUT2D eigenvalue weighted by molar-refractivity contribution is -0.525. The lowest BCUT2D eigenvalue weighted by Gasteiger charge is -2.25. The van der Waals surface area contributed by atoms with Gasteiger partial charge in [-0.15, -0.1) is 0 Å². The molecule has 18 heavy (non-hydrogen) atoms. The molecule has 0 aliphatic rings. The molecular weight excluding hydrogens is 240 g/mol. The molecule has 1 aromatic rings. The Balaban J connectivity index is 2.92. The molecule has 6 heteroatoms. The maximum Gasteiger partial charge on any atom is 0.126 e. The third kappa shape index (κ3) is 3.49. The van der Waals surface area contributed by atoms with Gasteiger partial charge >= 0.3 is 0 Å². The van der Waals surface area contributed by atoms with Crippen molar-refractivity contribution in [1.29, 1.82) is 0 Å². The van der Waals surface area contributed by atoms with Crippen molar-refractivity contribution in [3.05, 3.63) is 35.4 Å². The van der Waals surface area contributed by atoms with Crippen molar-refractivity contribution < 1.29 is 30.4 Å². The first-order valence-corrected chi connectivity index (χ1v) is 5.43. The smallest absolute Gasteiger partial charge is 0.126 e. The van der Waals surface area contributed by atoms with Crippen LogP contribution >= 0.6 is 0 Å². The summed E-state index contributed by atoms with van der Waals surface area (Å²) in [5.74, 6) is 0. The molecule has 102 valence electrons. The summed E-state index contributed by atoms with van der Waals surface area (Å²) in [6.45, 7) is 6.99. The monoisotopic (exact) mass is 258 g/mol. The second-order valence-electron chi connectivity index (χ2n) is 4.91. The van der Waals surface area contributed by atoms with E-state index in [4.69, 9.17) is 20.3 Å². The Bertz CT molecular complexity index is 334.